The molecule has 1 atom stereocenters. The van der Waals surface area contributed by atoms with E-state index in [1.807, 2.05) is 11.3 Å². The number of nitrogens with zero attached hydrogens (tertiary/aromatic N) is 1. The summed E-state index contributed by atoms with van der Waals surface area (Å²) >= 11 is 1.92. The summed E-state index contributed by atoms with van der Waals surface area (Å²) in [6, 6.07) is 9.03. The molecule has 2 aromatic rings. The van der Waals surface area contributed by atoms with Gasteiger partial charge in [0.15, 0.2) is 0 Å². The lowest BCUT2D eigenvalue weighted by atomic mass is 10.0. The van der Waals surface area contributed by atoms with Crippen LogP contribution in [0.5, 0.6) is 0 Å². The van der Waals surface area contributed by atoms with Crippen LogP contribution in [-0.2, 0) is 13.0 Å². The highest BCUT2D eigenvalue weighted by Gasteiger charge is 2.15. The maximum Gasteiger partial charge on any atom is 0.0349 e. The highest BCUT2D eigenvalue weighted by Crippen LogP contribution is 2.33. The molecule has 0 spiro atoms. The van der Waals surface area contributed by atoms with Crippen LogP contribution in [0.3, 0.4) is 0 Å². The molecule has 0 fully saturated rings. The van der Waals surface area contributed by atoms with E-state index >= 15 is 0 Å². The number of benzene rings is 1. The molecule has 0 aliphatic rings. The van der Waals surface area contributed by atoms with Crippen LogP contribution < -0.4 is 5.73 Å². The van der Waals surface area contributed by atoms with Gasteiger partial charge in [-0.1, -0.05) is 39.0 Å². The Labute approximate surface area is 126 Å². The van der Waals surface area contributed by atoms with Crippen LogP contribution in [0.2, 0.25) is 0 Å². The second-order valence-corrected chi connectivity index (χ2v) is 6.47. The van der Waals surface area contributed by atoms with Gasteiger partial charge in [0.05, 0.1) is 0 Å². The minimum Gasteiger partial charge on any atom is -0.327 e. The van der Waals surface area contributed by atoms with Crippen molar-refractivity contribution in [2.24, 2.45) is 5.73 Å². The van der Waals surface area contributed by atoms with E-state index in [-0.39, 0.29) is 6.04 Å². The van der Waals surface area contributed by atoms with Crippen LogP contribution in [0.25, 0.3) is 10.1 Å². The van der Waals surface area contributed by atoms with Gasteiger partial charge >= 0.3 is 0 Å². The summed E-state index contributed by atoms with van der Waals surface area (Å²) in [4.78, 5) is 3.96. The number of fused-ring (bicyclic) bond motifs is 1. The normalized spacial score (nSPS) is 13.2. The molecule has 0 amide bonds. The lowest BCUT2D eigenvalue weighted by molar-refractivity contribution is 0.296. The Kier molecular flexibility index (Phi) is 5.58. The lowest BCUT2D eigenvalue weighted by Crippen LogP contribution is -2.24. The molecule has 1 unspecified atom stereocenters. The maximum atomic E-state index is 6.18. The highest BCUT2D eigenvalue weighted by molar-refractivity contribution is 7.19. The summed E-state index contributed by atoms with van der Waals surface area (Å²) < 4.78 is 1.40. The summed E-state index contributed by atoms with van der Waals surface area (Å²) in [6.07, 6.45) is 2.05. The molecule has 0 aliphatic heterocycles. The van der Waals surface area contributed by atoms with E-state index in [0.29, 0.717) is 0 Å². The van der Waals surface area contributed by atoms with Gasteiger partial charge < -0.3 is 5.73 Å². The molecule has 0 bridgehead atoms. The minimum absolute atomic E-state index is 0.276. The van der Waals surface area contributed by atoms with Crippen LogP contribution in [0, 0.1) is 0 Å². The molecule has 0 saturated heterocycles. The molecule has 3 heteroatoms. The van der Waals surface area contributed by atoms with Crippen molar-refractivity contribution in [3.05, 3.63) is 34.7 Å². The van der Waals surface area contributed by atoms with Crippen molar-refractivity contribution in [3.63, 3.8) is 0 Å². The summed E-state index contributed by atoms with van der Waals surface area (Å²) in [7, 11) is 0. The fraction of sp³-hybridized carbons (Fsp3) is 0.529. The van der Waals surface area contributed by atoms with Gasteiger partial charge in [0.2, 0.25) is 0 Å². The quantitative estimate of drug-likeness (QED) is 0.834. The van der Waals surface area contributed by atoms with Crippen LogP contribution in [0.1, 0.15) is 37.6 Å². The van der Waals surface area contributed by atoms with Gasteiger partial charge in [-0.15, -0.1) is 11.3 Å². The van der Waals surface area contributed by atoms with Crippen LogP contribution in [0.4, 0.5) is 0 Å². The Balaban J connectivity index is 2.38. The smallest absolute Gasteiger partial charge is 0.0349 e. The van der Waals surface area contributed by atoms with E-state index in [1.165, 1.54) is 20.5 Å². The lowest BCUT2D eigenvalue weighted by Gasteiger charge is -2.19. The Hall–Kier alpha value is -0.900. The fourth-order valence-electron chi connectivity index (χ4n) is 2.54. The second kappa shape index (κ2) is 7.21. The van der Waals surface area contributed by atoms with Crippen LogP contribution in [-0.4, -0.2) is 24.0 Å². The predicted molar refractivity (Wildman–Crippen MR) is 90.4 cm³/mol. The Bertz CT molecular complexity index is 543. The van der Waals surface area contributed by atoms with Gasteiger partial charge in [0.1, 0.15) is 0 Å². The SMILES string of the molecule is CCC(N)Cc1sc2ccccc2c1CN(CC)CC. The second-order valence-electron chi connectivity index (χ2n) is 5.33. The zero-order valence-corrected chi connectivity index (χ0v) is 13.7. The van der Waals surface area contributed by atoms with E-state index in [2.05, 4.69) is 49.9 Å². The standard InChI is InChI=1S/C17H26N2S/c1-4-13(18)11-17-15(12-19(5-2)6-3)14-9-7-8-10-16(14)20-17/h7-10,13H,4-6,11-12,18H2,1-3H3. The first-order chi connectivity index (χ1) is 9.69. The largest absolute Gasteiger partial charge is 0.327 e. The third-order valence-corrected chi connectivity index (χ3v) is 5.27. The minimum atomic E-state index is 0.276. The number of rotatable bonds is 7. The van der Waals surface area contributed by atoms with Gasteiger partial charge in [-0.2, -0.15) is 0 Å². The van der Waals surface area contributed by atoms with Crippen molar-refractivity contribution in [2.75, 3.05) is 13.1 Å². The van der Waals surface area contributed by atoms with E-state index in [9.17, 15) is 0 Å². The first-order valence-electron chi connectivity index (χ1n) is 7.66. The van der Waals surface area contributed by atoms with Crippen molar-refractivity contribution < 1.29 is 0 Å². The zero-order valence-electron chi connectivity index (χ0n) is 12.9. The van der Waals surface area contributed by atoms with Crippen molar-refractivity contribution in [2.45, 2.75) is 46.2 Å². The average Bonchev–Trinajstić information content (AvgIpc) is 2.81. The highest BCUT2D eigenvalue weighted by atomic mass is 32.1. The molecule has 1 aromatic heterocycles. The summed E-state index contributed by atoms with van der Waals surface area (Å²) in [5.41, 5.74) is 7.68. The molecule has 2 rings (SSSR count). The van der Waals surface area contributed by atoms with Gasteiger partial charge in [-0.05, 0) is 42.9 Å². The van der Waals surface area contributed by atoms with E-state index in [1.54, 1.807) is 0 Å². The van der Waals surface area contributed by atoms with E-state index in [0.717, 1.165) is 32.5 Å². The summed E-state index contributed by atoms with van der Waals surface area (Å²) in [5.74, 6) is 0. The molecule has 1 aromatic carbocycles. The summed E-state index contributed by atoms with van der Waals surface area (Å²) in [5, 5.41) is 1.42. The van der Waals surface area contributed by atoms with Crippen molar-refractivity contribution in [1.29, 1.82) is 0 Å². The molecular formula is C17H26N2S. The van der Waals surface area contributed by atoms with Gasteiger partial charge in [0, 0.05) is 22.2 Å². The molecule has 2 nitrogen and oxygen atoms in total. The molecule has 110 valence electrons. The zero-order chi connectivity index (χ0) is 14.5. The topological polar surface area (TPSA) is 29.3 Å². The van der Waals surface area contributed by atoms with Crippen molar-refractivity contribution in [3.8, 4) is 0 Å². The van der Waals surface area contributed by atoms with Crippen LogP contribution in [0.15, 0.2) is 24.3 Å². The maximum absolute atomic E-state index is 6.18. The fourth-order valence-corrected chi connectivity index (χ4v) is 3.85. The first-order valence-corrected chi connectivity index (χ1v) is 8.48. The first kappa shape index (κ1) is 15.5. The van der Waals surface area contributed by atoms with E-state index < -0.39 is 0 Å². The molecule has 0 radical (unpaired) electrons. The van der Waals surface area contributed by atoms with Gasteiger partial charge in [-0.25, -0.2) is 0 Å². The summed E-state index contributed by atoms with van der Waals surface area (Å²) in [6.45, 7) is 9.87. The third kappa shape index (κ3) is 3.40. The number of thiophene rings is 1. The molecule has 20 heavy (non-hydrogen) atoms. The molecular weight excluding hydrogens is 264 g/mol. The average molecular weight is 290 g/mol. The molecule has 0 aliphatic carbocycles. The number of hydrogen-bond acceptors (Lipinski definition) is 3. The van der Waals surface area contributed by atoms with E-state index in [4.69, 9.17) is 5.73 Å². The molecule has 0 saturated carbocycles. The number of hydrogen-bond donors (Lipinski definition) is 1. The van der Waals surface area contributed by atoms with Gasteiger partial charge in [-0.3, -0.25) is 4.90 Å². The monoisotopic (exact) mass is 290 g/mol. The number of nitrogens with two attached hydrogens (primary N) is 1. The van der Waals surface area contributed by atoms with Crippen LogP contribution >= 0.6 is 11.3 Å². The molecule has 1 heterocycles. The predicted octanol–water partition coefficient (Wildman–Crippen LogP) is 4.02. The van der Waals surface area contributed by atoms with Gasteiger partial charge in [0.25, 0.3) is 0 Å². The third-order valence-electron chi connectivity index (χ3n) is 4.03. The Morgan fingerprint density at radius 2 is 1.85 bits per heavy atom. The van der Waals surface area contributed by atoms with Crippen molar-refractivity contribution >= 4 is 21.4 Å². The molecule has 2 N–H and O–H groups in total. The van der Waals surface area contributed by atoms with Crippen molar-refractivity contribution in [1.82, 2.24) is 4.90 Å². The Morgan fingerprint density at radius 3 is 2.50 bits per heavy atom. The Morgan fingerprint density at radius 1 is 1.15 bits per heavy atom.